The number of aliphatic imine (C=N–C) groups is 1. The predicted molar refractivity (Wildman–Crippen MR) is 115 cm³/mol. The van der Waals surface area contributed by atoms with Crippen molar-refractivity contribution in [2.24, 2.45) is 10.9 Å². The van der Waals surface area contributed by atoms with Gasteiger partial charge in [0.2, 0.25) is 0 Å². The van der Waals surface area contributed by atoms with E-state index in [-0.39, 0.29) is 48.4 Å². The van der Waals surface area contributed by atoms with E-state index in [9.17, 15) is 13.2 Å². The summed E-state index contributed by atoms with van der Waals surface area (Å²) in [5, 5.41) is 6.66. The highest BCUT2D eigenvalue weighted by Gasteiger charge is 2.43. The third-order valence-corrected chi connectivity index (χ3v) is 6.49. The lowest BCUT2D eigenvalue weighted by atomic mass is 9.85. The van der Waals surface area contributed by atoms with Gasteiger partial charge in [0.1, 0.15) is 0 Å². The second-order valence-corrected chi connectivity index (χ2v) is 8.20. The third-order valence-electron chi connectivity index (χ3n) is 6.49. The van der Waals surface area contributed by atoms with Crippen molar-refractivity contribution in [3.05, 3.63) is 0 Å². The van der Waals surface area contributed by atoms with Crippen LogP contribution >= 0.6 is 24.0 Å². The summed E-state index contributed by atoms with van der Waals surface area (Å²) in [5.41, 5.74) is 0.0629. The molecule has 2 aliphatic heterocycles. The van der Waals surface area contributed by atoms with Gasteiger partial charge in [0.25, 0.3) is 0 Å². The number of guanidine groups is 1. The van der Waals surface area contributed by atoms with Crippen molar-refractivity contribution in [1.29, 1.82) is 0 Å². The summed E-state index contributed by atoms with van der Waals surface area (Å²) in [6, 6.07) is -0.172. The Labute approximate surface area is 183 Å². The molecular weight excluding hydrogens is 484 g/mol. The molecular formula is C19H34F3IN4O. The Morgan fingerprint density at radius 3 is 2.43 bits per heavy atom. The number of rotatable bonds is 4. The Morgan fingerprint density at radius 1 is 1.14 bits per heavy atom. The van der Waals surface area contributed by atoms with Gasteiger partial charge in [0.15, 0.2) is 5.96 Å². The van der Waals surface area contributed by atoms with Crippen molar-refractivity contribution < 1.29 is 17.9 Å². The summed E-state index contributed by atoms with van der Waals surface area (Å²) >= 11 is 0. The van der Waals surface area contributed by atoms with Gasteiger partial charge in [-0.25, -0.2) is 0 Å². The van der Waals surface area contributed by atoms with Gasteiger partial charge in [-0.1, -0.05) is 6.42 Å². The van der Waals surface area contributed by atoms with E-state index >= 15 is 0 Å². The fourth-order valence-corrected chi connectivity index (χ4v) is 4.80. The highest BCUT2D eigenvalue weighted by Crippen LogP contribution is 2.37. The highest BCUT2D eigenvalue weighted by molar-refractivity contribution is 14.0. The van der Waals surface area contributed by atoms with Crippen LogP contribution < -0.4 is 10.6 Å². The van der Waals surface area contributed by atoms with Gasteiger partial charge in [0.05, 0.1) is 5.92 Å². The zero-order valence-electron chi connectivity index (χ0n) is 16.7. The van der Waals surface area contributed by atoms with Gasteiger partial charge in [0, 0.05) is 38.4 Å². The standard InChI is InChI=1S/C19H33F3N4O.HI/c1-23-17(25-16-6-4-5-15(13-16)19(20,21)22)24-14-18(7-11-27-12-8-18)26-9-2-3-10-26;/h15-16H,2-14H2,1H3,(H2,23,24,25);1H. The van der Waals surface area contributed by atoms with E-state index in [1.54, 1.807) is 7.05 Å². The van der Waals surface area contributed by atoms with Gasteiger partial charge < -0.3 is 15.4 Å². The van der Waals surface area contributed by atoms with Crippen LogP contribution in [0, 0.1) is 5.92 Å². The number of hydrogen-bond donors (Lipinski definition) is 2. The first-order valence-corrected chi connectivity index (χ1v) is 10.3. The number of alkyl halides is 3. The number of ether oxygens (including phenoxy) is 1. The van der Waals surface area contributed by atoms with E-state index in [0.717, 1.165) is 52.1 Å². The molecule has 2 atom stereocenters. The van der Waals surface area contributed by atoms with Crippen molar-refractivity contribution in [2.75, 3.05) is 39.9 Å². The average molecular weight is 518 g/mol. The van der Waals surface area contributed by atoms with Crippen molar-refractivity contribution in [3.8, 4) is 0 Å². The van der Waals surface area contributed by atoms with Gasteiger partial charge in [-0.15, -0.1) is 24.0 Å². The molecule has 0 aromatic rings. The first-order chi connectivity index (χ1) is 12.9. The Hall–Kier alpha value is -0.290. The van der Waals surface area contributed by atoms with Crippen LogP contribution in [0.1, 0.15) is 51.4 Å². The fourth-order valence-electron chi connectivity index (χ4n) is 4.80. The molecule has 3 rings (SSSR count). The molecule has 0 amide bonds. The number of hydrogen-bond acceptors (Lipinski definition) is 3. The van der Waals surface area contributed by atoms with Crippen LogP contribution in [-0.2, 0) is 4.74 Å². The molecule has 0 bridgehead atoms. The zero-order chi connectivity index (χ0) is 19.3. The minimum atomic E-state index is -4.10. The van der Waals surface area contributed by atoms with E-state index in [2.05, 4.69) is 20.5 Å². The second kappa shape index (κ2) is 10.7. The Balaban J connectivity index is 0.00000280. The maximum Gasteiger partial charge on any atom is 0.391 e. The molecule has 1 aliphatic carbocycles. The monoisotopic (exact) mass is 518 g/mol. The van der Waals surface area contributed by atoms with Gasteiger partial charge in [-0.3, -0.25) is 9.89 Å². The van der Waals surface area contributed by atoms with E-state index < -0.39 is 12.1 Å². The highest BCUT2D eigenvalue weighted by atomic mass is 127. The van der Waals surface area contributed by atoms with Gasteiger partial charge in [-0.2, -0.15) is 13.2 Å². The number of nitrogens with zero attached hydrogens (tertiary/aromatic N) is 2. The Morgan fingerprint density at radius 2 is 1.82 bits per heavy atom. The molecule has 0 aromatic heterocycles. The molecule has 0 aromatic carbocycles. The van der Waals surface area contributed by atoms with Gasteiger partial charge >= 0.3 is 6.18 Å². The summed E-state index contributed by atoms with van der Waals surface area (Å²) in [5.74, 6) is -0.582. The largest absolute Gasteiger partial charge is 0.391 e. The van der Waals surface area contributed by atoms with Crippen LogP contribution in [0.5, 0.6) is 0 Å². The maximum atomic E-state index is 13.1. The van der Waals surface area contributed by atoms with Crippen LogP contribution in [0.2, 0.25) is 0 Å². The van der Waals surface area contributed by atoms with Crippen molar-refractivity contribution >= 4 is 29.9 Å². The quantitative estimate of drug-likeness (QED) is 0.340. The van der Waals surface area contributed by atoms with E-state index in [1.807, 2.05) is 0 Å². The Kier molecular flexibility index (Phi) is 9.13. The minimum absolute atomic E-state index is 0. The van der Waals surface area contributed by atoms with E-state index in [1.165, 1.54) is 12.8 Å². The lowest BCUT2D eigenvalue weighted by molar-refractivity contribution is -0.183. The average Bonchev–Trinajstić information content (AvgIpc) is 3.21. The topological polar surface area (TPSA) is 48.9 Å². The molecule has 2 heterocycles. The molecule has 5 nitrogen and oxygen atoms in total. The van der Waals surface area contributed by atoms with Crippen molar-refractivity contribution in [3.63, 3.8) is 0 Å². The van der Waals surface area contributed by atoms with Gasteiger partial charge in [-0.05, 0) is 58.0 Å². The molecule has 1 saturated carbocycles. The predicted octanol–water partition coefficient (Wildman–Crippen LogP) is 3.54. The number of halogens is 4. The van der Waals surface area contributed by atoms with Crippen LogP contribution in [0.4, 0.5) is 13.2 Å². The SMILES string of the molecule is CN=C(NCC1(N2CCCC2)CCOCC1)NC1CCCC(C(F)(F)F)C1.I. The van der Waals surface area contributed by atoms with E-state index in [0.29, 0.717) is 12.4 Å². The summed E-state index contributed by atoms with van der Waals surface area (Å²) in [4.78, 5) is 6.84. The number of likely N-dealkylation sites (tertiary alicyclic amines) is 1. The lowest BCUT2D eigenvalue weighted by Crippen LogP contribution is -2.59. The molecule has 2 saturated heterocycles. The summed E-state index contributed by atoms with van der Waals surface area (Å²) in [6.45, 7) is 4.51. The molecule has 3 aliphatic rings. The molecule has 2 unspecified atom stereocenters. The Bertz CT molecular complexity index is 506. The molecule has 28 heavy (non-hydrogen) atoms. The first-order valence-electron chi connectivity index (χ1n) is 10.3. The summed E-state index contributed by atoms with van der Waals surface area (Å²) < 4.78 is 44.7. The lowest BCUT2D eigenvalue weighted by Gasteiger charge is -2.45. The third kappa shape index (κ3) is 6.10. The van der Waals surface area contributed by atoms with Crippen molar-refractivity contribution in [2.45, 2.75) is 69.1 Å². The normalized spacial score (nSPS) is 29.2. The molecule has 164 valence electrons. The molecule has 3 fully saturated rings. The zero-order valence-corrected chi connectivity index (χ0v) is 19.0. The van der Waals surface area contributed by atoms with E-state index in [4.69, 9.17) is 4.74 Å². The molecule has 9 heteroatoms. The molecule has 0 radical (unpaired) electrons. The van der Waals surface area contributed by atoms with Crippen LogP contribution in [0.15, 0.2) is 4.99 Å². The number of nitrogens with one attached hydrogen (secondary N) is 2. The minimum Gasteiger partial charge on any atom is -0.381 e. The molecule has 2 N–H and O–H groups in total. The van der Waals surface area contributed by atoms with Crippen LogP contribution in [-0.4, -0.2) is 68.5 Å². The molecule has 0 spiro atoms. The van der Waals surface area contributed by atoms with Crippen LogP contribution in [0.3, 0.4) is 0 Å². The second-order valence-electron chi connectivity index (χ2n) is 8.20. The van der Waals surface area contributed by atoms with Crippen molar-refractivity contribution in [1.82, 2.24) is 15.5 Å². The maximum absolute atomic E-state index is 13.1. The summed E-state index contributed by atoms with van der Waals surface area (Å²) in [6.07, 6.45) is 2.08. The first kappa shape index (κ1) is 24.0. The smallest absolute Gasteiger partial charge is 0.381 e. The summed E-state index contributed by atoms with van der Waals surface area (Å²) in [7, 11) is 1.69. The fraction of sp³-hybridized carbons (Fsp3) is 0.947. The van der Waals surface area contributed by atoms with Crippen LogP contribution in [0.25, 0.3) is 0 Å².